The first kappa shape index (κ1) is 22.2. The van der Waals surface area contributed by atoms with E-state index < -0.39 is 16.0 Å². The molecule has 0 fully saturated rings. The molecule has 0 saturated heterocycles. The Morgan fingerprint density at radius 3 is 2.13 bits per heavy atom. The monoisotopic (exact) mass is 434 g/mol. The first-order chi connectivity index (χ1) is 14.9. The largest absolute Gasteiger partial charge is 0.478 e. The Bertz CT molecular complexity index is 1170. The van der Waals surface area contributed by atoms with Gasteiger partial charge in [0.05, 0.1) is 22.1 Å². The van der Waals surface area contributed by atoms with Gasteiger partial charge in [0.25, 0.3) is 0 Å². The first-order valence-electron chi connectivity index (χ1n) is 9.76. The fourth-order valence-electron chi connectivity index (χ4n) is 3.20. The summed E-state index contributed by atoms with van der Waals surface area (Å²) >= 11 is 0. The van der Waals surface area contributed by atoms with E-state index in [0.29, 0.717) is 18.5 Å². The van der Waals surface area contributed by atoms with Crippen LogP contribution in [0.2, 0.25) is 0 Å². The van der Waals surface area contributed by atoms with Crippen LogP contribution in [-0.4, -0.2) is 30.3 Å². The Hall–Kier alpha value is -3.47. The minimum Gasteiger partial charge on any atom is -0.478 e. The molecule has 0 radical (unpaired) electrons. The number of carbonyl (C=O) groups is 1. The molecule has 0 spiro atoms. The summed E-state index contributed by atoms with van der Waals surface area (Å²) in [5, 5.41) is 18.0. The molecule has 0 unspecified atom stereocenters. The van der Waals surface area contributed by atoms with Gasteiger partial charge in [-0.2, -0.15) is 9.57 Å². The normalized spacial score (nSPS) is 11.2. The maximum atomic E-state index is 13.3. The minimum atomic E-state index is -3.84. The number of aromatic carboxylic acids is 1. The fraction of sp³-hybridized carbons (Fsp3) is 0.167. The number of sulfonamides is 1. The highest BCUT2D eigenvalue weighted by molar-refractivity contribution is 7.89. The molecule has 0 heterocycles. The molecule has 6 nitrogen and oxygen atoms in total. The average Bonchev–Trinajstić information content (AvgIpc) is 2.79. The van der Waals surface area contributed by atoms with Crippen molar-refractivity contribution in [1.29, 1.82) is 5.26 Å². The second kappa shape index (κ2) is 10.0. The summed E-state index contributed by atoms with van der Waals surface area (Å²) in [4.78, 5) is 11.1. The number of hydrogen-bond donors (Lipinski definition) is 1. The summed E-state index contributed by atoms with van der Waals surface area (Å²) in [6.07, 6.45) is 1.37. The molecule has 0 aliphatic rings. The topological polar surface area (TPSA) is 98.5 Å². The van der Waals surface area contributed by atoms with Crippen LogP contribution in [0.1, 0.15) is 33.5 Å². The molecule has 0 atom stereocenters. The maximum Gasteiger partial charge on any atom is 0.335 e. The Morgan fingerprint density at radius 1 is 0.903 bits per heavy atom. The van der Waals surface area contributed by atoms with Gasteiger partial charge in [-0.15, -0.1) is 0 Å². The summed E-state index contributed by atoms with van der Waals surface area (Å²) < 4.78 is 28.0. The number of carboxylic acids is 1. The number of carboxylic acid groups (broad SMARTS) is 1. The Balaban J connectivity index is 1.83. The fourth-order valence-corrected chi connectivity index (χ4v) is 4.66. The third kappa shape index (κ3) is 5.79. The highest BCUT2D eigenvalue weighted by Crippen LogP contribution is 2.20. The molecule has 1 N–H and O–H groups in total. The molecule has 0 aliphatic heterocycles. The molecular weight excluding hydrogens is 412 g/mol. The van der Waals surface area contributed by atoms with Crippen LogP contribution in [0.3, 0.4) is 0 Å². The molecule has 0 saturated carbocycles. The zero-order valence-electron chi connectivity index (χ0n) is 16.8. The van der Waals surface area contributed by atoms with E-state index in [4.69, 9.17) is 10.4 Å². The third-order valence-corrected chi connectivity index (χ3v) is 6.76. The van der Waals surface area contributed by atoms with Crippen LogP contribution in [-0.2, 0) is 23.0 Å². The molecule has 3 aromatic carbocycles. The van der Waals surface area contributed by atoms with E-state index in [0.717, 1.165) is 17.5 Å². The lowest BCUT2D eigenvalue weighted by atomic mass is 10.1. The number of nitriles is 1. The maximum absolute atomic E-state index is 13.3. The Kier molecular flexibility index (Phi) is 7.19. The molecular formula is C24H22N2O4S. The van der Waals surface area contributed by atoms with Crippen LogP contribution in [0.25, 0.3) is 0 Å². The van der Waals surface area contributed by atoms with Gasteiger partial charge in [-0.05, 0) is 60.4 Å². The van der Waals surface area contributed by atoms with Gasteiger partial charge in [-0.25, -0.2) is 13.2 Å². The van der Waals surface area contributed by atoms with Crippen molar-refractivity contribution in [2.45, 2.75) is 24.3 Å². The van der Waals surface area contributed by atoms with E-state index in [2.05, 4.69) is 6.07 Å². The van der Waals surface area contributed by atoms with Crippen molar-refractivity contribution in [3.8, 4) is 6.07 Å². The SMILES string of the molecule is N#Cc1ccc(CN(CCCc2ccccc2)S(=O)(=O)c2ccc(C(=O)O)cc2)cc1. The minimum absolute atomic E-state index is 0.0293. The van der Waals surface area contributed by atoms with Crippen LogP contribution in [0.15, 0.2) is 83.8 Å². The zero-order valence-corrected chi connectivity index (χ0v) is 17.6. The number of rotatable bonds is 9. The standard InChI is InChI=1S/C24H22N2O4S/c25-17-20-8-10-21(11-9-20)18-26(16-4-7-19-5-2-1-3-6-19)31(29,30)23-14-12-22(13-15-23)24(27)28/h1-3,5-6,8-15H,4,7,16,18H2,(H,27,28). The number of hydrogen-bond acceptors (Lipinski definition) is 4. The predicted octanol–water partition coefficient (Wildman–Crippen LogP) is 4.08. The molecule has 158 valence electrons. The number of benzene rings is 3. The van der Waals surface area contributed by atoms with Gasteiger partial charge < -0.3 is 5.11 Å². The smallest absolute Gasteiger partial charge is 0.335 e. The van der Waals surface area contributed by atoms with E-state index in [9.17, 15) is 13.2 Å². The molecule has 0 aliphatic carbocycles. The van der Waals surface area contributed by atoms with E-state index in [-0.39, 0.29) is 17.0 Å². The average molecular weight is 435 g/mol. The highest BCUT2D eigenvalue weighted by Gasteiger charge is 2.24. The quantitative estimate of drug-likeness (QED) is 0.547. The first-order valence-corrected chi connectivity index (χ1v) is 11.2. The van der Waals surface area contributed by atoms with Gasteiger partial charge in [0.1, 0.15) is 0 Å². The van der Waals surface area contributed by atoms with Crippen LogP contribution in [0.5, 0.6) is 0 Å². The molecule has 3 aromatic rings. The summed E-state index contributed by atoms with van der Waals surface area (Å²) in [5.41, 5.74) is 2.43. The molecule has 31 heavy (non-hydrogen) atoms. The van der Waals surface area contributed by atoms with Gasteiger partial charge in [-0.1, -0.05) is 42.5 Å². The van der Waals surface area contributed by atoms with Gasteiger partial charge in [0.2, 0.25) is 10.0 Å². The Labute approximate surface area is 182 Å². The van der Waals surface area contributed by atoms with Crippen LogP contribution < -0.4 is 0 Å². The predicted molar refractivity (Wildman–Crippen MR) is 117 cm³/mol. The summed E-state index contributed by atoms with van der Waals surface area (Å²) in [6, 6.07) is 23.9. The second-order valence-corrected chi connectivity index (χ2v) is 9.00. The van der Waals surface area contributed by atoms with Gasteiger partial charge in [-0.3, -0.25) is 0 Å². The summed E-state index contributed by atoms with van der Waals surface area (Å²) in [5.74, 6) is -1.11. The lowest BCUT2D eigenvalue weighted by molar-refractivity contribution is 0.0696. The lowest BCUT2D eigenvalue weighted by Crippen LogP contribution is -2.32. The van der Waals surface area contributed by atoms with Gasteiger partial charge >= 0.3 is 5.97 Å². The number of nitrogens with zero attached hydrogens (tertiary/aromatic N) is 2. The Morgan fingerprint density at radius 2 is 1.55 bits per heavy atom. The number of aryl methyl sites for hydroxylation is 1. The molecule has 7 heteroatoms. The van der Waals surface area contributed by atoms with Crippen molar-refractivity contribution >= 4 is 16.0 Å². The van der Waals surface area contributed by atoms with Crippen molar-refractivity contribution in [1.82, 2.24) is 4.31 Å². The van der Waals surface area contributed by atoms with E-state index in [1.165, 1.54) is 28.6 Å². The van der Waals surface area contributed by atoms with Crippen molar-refractivity contribution in [2.24, 2.45) is 0 Å². The van der Waals surface area contributed by atoms with Gasteiger partial charge in [0, 0.05) is 13.1 Å². The van der Waals surface area contributed by atoms with E-state index >= 15 is 0 Å². The van der Waals surface area contributed by atoms with Crippen molar-refractivity contribution in [3.05, 3.63) is 101 Å². The van der Waals surface area contributed by atoms with Crippen LogP contribution >= 0.6 is 0 Å². The second-order valence-electron chi connectivity index (χ2n) is 7.07. The summed E-state index contributed by atoms with van der Waals surface area (Å²) in [6.45, 7) is 0.460. The van der Waals surface area contributed by atoms with Gasteiger partial charge in [0.15, 0.2) is 0 Å². The van der Waals surface area contributed by atoms with E-state index in [1.54, 1.807) is 24.3 Å². The zero-order chi connectivity index (χ0) is 22.3. The lowest BCUT2D eigenvalue weighted by Gasteiger charge is -2.22. The third-order valence-electron chi connectivity index (χ3n) is 4.90. The van der Waals surface area contributed by atoms with E-state index in [1.807, 2.05) is 30.3 Å². The molecule has 3 rings (SSSR count). The summed E-state index contributed by atoms with van der Waals surface area (Å²) in [7, 11) is -3.84. The molecule has 0 aromatic heterocycles. The molecule has 0 bridgehead atoms. The van der Waals surface area contributed by atoms with Crippen molar-refractivity contribution in [2.75, 3.05) is 6.54 Å². The van der Waals surface area contributed by atoms with Crippen molar-refractivity contribution < 1.29 is 18.3 Å². The van der Waals surface area contributed by atoms with Crippen LogP contribution in [0, 0.1) is 11.3 Å². The van der Waals surface area contributed by atoms with Crippen LogP contribution in [0.4, 0.5) is 0 Å². The van der Waals surface area contributed by atoms with Crippen molar-refractivity contribution in [3.63, 3.8) is 0 Å². The molecule has 0 amide bonds. The highest BCUT2D eigenvalue weighted by atomic mass is 32.2.